The van der Waals surface area contributed by atoms with Crippen LogP contribution in [-0.2, 0) is 14.8 Å². The van der Waals surface area contributed by atoms with Crippen molar-refractivity contribution in [2.45, 2.75) is 37.5 Å². The summed E-state index contributed by atoms with van der Waals surface area (Å²) >= 11 is 0. The van der Waals surface area contributed by atoms with Gasteiger partial charge in [0.25, 0.3) is 0 Å². The van der Waals surface area contributed by atoms with Crippen molar-refractivity contribution in [1.29, 1.82) is 0 Å². The van der Waals surface area contributed by atoms with Crippen LogP contribution in [0.2, 0.25) is 0 Å². The van der Waals surface area contributed by atoms with Crippen molar-refractivity contribution in [1.82, 2.24) is 0 Å². The van der Waals surface area contributed by atoms with Crippen molar-refractivity contribution >= 4 is 10.0 Å². The molecule has 0 aromatic heterocycles. The van der Waals surface area contributed by atoms with Crippen molar-refractivity contribution in [3.05, 3.63) is 12.7 Å². The number of nitrogens with two attached hydrogens (primary N) is 1. The lowest BCUT2D eigenvalue weighted by Crippen LogP contribution is -2.31. The Morgan fingerprint density at radius 1 is 1.57 bits per heavy atom. The molecule has 0 saturated carbocycles. The van der Waals surface area contributed by atoms with Gasteiger partial charge in [-0.25, -0.2) is 13.6 Å². The quantitative estimate of drug-likeness (QED) is 0.653. The van der Waals surface area contributed by atoms with Crippen LogP contribution in [0.3, 0.4) is 0 Å². The third-order valence-electron chi connectivity index (χ3n) is 2.15. The lowest BCUT2D eigenvalue weighted by molar-refractivity contribution is 0.109. The van der Waals surface area contributed by atoms with Crippen LogP contribution in [-0.4, -0.2) is 26.9 Å². The van der Waals surface area contributed by atoms with Crippen LogP contribution >= 0.6 is 0 Å². The van der Waals surface area contributed by atoms with Gasteiger partial charge in [0.1, 0.15) is 0 Å². The largest absolute Gasteiger partial charge is 0.382 e. The number of hydrogen-bond acceptors (Lipinski definition) is 3. The molecule has 0 rings (SSSR count). The van der Waals surface area contributed by atoms with Crippen molar-refractivity contribution < 1.29 is 13.2 Å². The summed E-state index contributed by atoms with van der Waals surface area (Å²) in [6, 6.07) is 0. The number of ether oxygens (including phenoxy) is 1. The molecule has 0 spiro atoms. The zero-order valence-corrected chi connectivity index (χ0v) is 9.59. The van der Waals surface area contributed by atoms with Gasteiger partial charge in [-0.3, -0.25) is 0 Å². The Hall–Kier alpha value is -0.390. The van der Waals surface area contributed by atoms with Crippen LogP contribution in [0.5, 0.6) is 0 Å². The topological polar surface area (TPSA) is 69.4 Å². The van der Waals surface area contributed by atoms with Gasteiger partial charge in [0.15, 0.2) is 0 Å². The maximum atomic E-state index is 11.2. The molecule has 0 radical (unpaired) electrons. The molecule has 2 N–H and O–H groups in total. The minimum atomic E-state index is -3.47. The zero-order valence-electron chi connectivity index (χ0n) is 8.77. The first kappa shape index (κ1) is 13.6. The highest BCUT2D eigenvalue weighted by molar-refractivity contribution is 7.89. The molecule has 0 unspecified atom stereocenters. The minimum Gasteiger partial charge on any atom is -0.382 e. The van der Waals surface area contributed by atoms with Gasteiger partial charge in [-0.15, -0.1) is 6.58 Å². The first-order valence-corrected chi connectivity index (χ1v) is 6.18. The fourth-order valence-corrected chi connectivity index (χ4v) is 2.19. The third-order valence-corrected chi connectivity index (χ3v) is 3.51. The van der Waals surface area contributed by atoms with Crippen LogP contribution in [0.1, 0.15) is 26.2 Å². The molecule has 0 fully saturated rings. The Labute approximate surface area is 86.2 Å². The van der Waals surface area contributed by atoms with Crippen molar-refractivity contribution in [2.75, 3.05) is 7.11 Å². The fraction of sp³-hybridized carbons (Fsp3) is 0.778. The average Bonchev–Trinajstić information content (AvgIpc) is 2.09. The lowest BCUT2D eigenvalue weighted by Gasteiger charge is -2.17. The molecule has 0 aliphatic rings. The maximum Gasteiger partial charge on any atom is 0.212 e. The second kappa shape index (κ2) is 6.16. The smallest absolute Gasteiger partial charge is 0.212 e. The molecule has 0 aromatic rings. The number of sulfonamides is 1. The standard InChI is InChI=1S/C9H19NO3S/c1-4-5-6-9(14(10,11)12)7-8(2)13-3/h4,8-9H,1,5-7H2,2-3H3,(H2,10,11,12)/t8-,9-/m1/s1. The van der Waals surface area contributed by atoms with E-state index in [1.165, 1.54) is 0 Å². The predicted octanol–water partition coefficient (Wildman–Crippen LogP) is 1.03. The SMILES string of the molecule is C=CCC[C@H](C[C@@H](C)OC)S(N)(=O)=O. The Kier molecular flexibility index (Phi) is 5.99. The molecular weight excluding hydrogens is 202 g/mol. The Bertz CT molecular complexity index is 261. The van der Waals surface area contributed by atoms with Crippen LogP contribution in [0.4, 0.5) is 0 Å². The molecule has 84 valence electrons. The second-order valence-corrected chi connectivity index (χ2v) is 5.20. The molecule has 0 aromatic carbocycles. The summed E-state index contributed by atoms with van der Waals surface area (Å²) in [6.45, 7) is 5.37. The summed E-state index contributed by atoms with van der Waals surface area (Å²) in [5, 5.41) is 4.57. The molecule has 0 aliphatic carbocycles. The van der Waals surface area contributed by atoms with E-state index in [1.54, 1.807) is 13.2 Å². The van der Waals surface area contributed by atoms with E-state index >= 15 is 0 Å². The number of hydrogen-bond donors (Lipinski definition) is 1. The van der Waals surface area contributed by atoms with E-state index in [0.29, 0.717) is 19.3 Å². The Morgan fingerprint density at radius 3 is 2.50 bits per heavy atom. The molecule has 0 saturated heterocycles. The van der Waals surface area contributed by atoms with Crippen LogP contribution in [0.15, 0.2) is 12.7 Å². The van der Waals surface area contributed by atoms with Gasteiger partial charge in [0, 0.05) is 7.11 Å². The summed E-state index contributed by atoms with van der Waals surface area (Å²) in [5.74, 6) is 0. The third kappa shape index (κ3) is 5.36. The van der Waals surface area contributed by atoms with Gasteiger partial charge >= 0.3 is 0 Å². The summed E-state index contributed by atoms with van der Waals surface area (Å²) in [5.41, 5.74) is 0. The normalized spacial score (nSPS) is 16.2. The molecule has 4 nitrogen and oxygen atoms in total. The second-order valence-electron chi connectivity index (χ2n) is 3.36. The fourth-order valence-electron chi connectivity index (χ4n) is 1.19. The van der Waals surface area contributed by atoms with Gasteiger partial charge in [0.2, 0.25) is 10.0 Å². The highest BCUT2D eigenvalue weighted by atomic mass is 32.2. The van der Waals surface area contributed by atoms with Crippen LogP contribution < -0.4 is 5.14 Å². The van der Waals surface area contributed by atoms with Crippen LogP contribution in [0.25, 0.3) is 0 Å². The first-order valence-electron chi connectivity index (χ1n) is 4.57. The van der Waals surface area contributed by atoms with E-state index < -0.39 is 15.3 Å². The monoisotopic (exact) mass is 221 g/mol. The van der Waals surface area contributed by atoms with Gasteiger partial charge in [-0.2, -0.15) is 0 Å². The predicted molar refractivity (Wildman–Crippen MR) is 57.4 cm³/mol. The summed E-state index contributed by atoms with van der Waals surface area (Å²) in [7, 11) is -1.92. The van der Waals surface area contributed by atoms with Gasteiger partial charge < -0.3 is 4.74 Å². The van der Waals surface area contributed by atoms with Crippen molar-refractivity contribution in [2.24, 2.45) is 5.14 Å². The Balaban J connectivity index is 4.33. The molecule has 0 aliphatic heterocycles. The van der Waals surface area contributed by atoms with E-state index in [-0.39, 0.29) is 6.10 Å². The van der Waals surface area contributed by atoms with Crippen molar-refractivity contribution in [3.63, 3.8) is 0 Å². The van der Waals surface area contributed by atoms with Gasteiger partial charge in [0.05, 0.1) is 11.4 Å². The summed E-state index contributed by atoms with van der Waals surface area (Å²) in [4.78, 5) is 0. The van der Waals surface area contributed by atoms with Crippen LogP contribution in [0, 0.1) is 0 Å². The molecule has 5 heteroatoms. The van der Waals surface area contributed by atoms with Gasteiger partial charge in [-0.1, -0.05) is 6.08 Å². The molecule has 2 atom stereocenters. The van der Waals surface area contributed by atoms with Crippen molar-refractivity contribution in [3.8, 4) is 0 Å². The number of methoxy groups -OCH3 is 1. The summed E-state index contributed by atoms with van der Waals surface area (Å²) in [6.07, 6.45) is 3.19. The van der Waals surface area contributed by atoms with E-state index in [1.807, 2.05) is 6.92 Å². The van der Waals surface area contributed by atoms with Gasteiger partial charge in [-0.05, 0) is 26.2 Å². The minimum absolute atomic E-state index is 0.0943. The zero-order chi connectivity index (χ0) is 11.2. The molecular formula is C9H19NO3S. The lowest BCUT2D eigenvalue weighted by atomic mass is 10.1. The molecule has 0 heterocycles. The molecule has 0 amide bonds. The van der Waals surface area contributed by atoms with E-state index in [9.17, 15) is 8.42 Å². The first-order chi connectivity index (χ1) is 6.41. The summed E-state index contributed by atoms with van der Waals surface area (Å²) < 4.78 is 27.4. The number of rotatable bonds is 7. The van der Waals surface area contributed by atoms with E-state index in [0.717, 1.165) is 0 Å². The molecule has 14 heavy (non-hydrogen) atoms. The highest BCUT2D eigenvalue weighted by Crippen LogP contribution is 2.14. The number of primary sulfonamides is 1. The van der Waals surface area contributed by atoms with E-state index in [4.69, 9.17) is 9.88 Å². The highest BCUT2D eigenvalue weighted by Gasteiger charge is 2.22. The van der Waals surface area contributed by atoms with E-state index in [2.05, 4.69) is 6.58 Å². The number of allylic oxidation sites excluding steroid dienone is 1. The Morgan fingerprint density at radius 2 is 2.14 bits per heavy atom. The maximum absolute atomic E-state index is 11.2. The average molecular weight is 221 g/mol. The molecule has 0 bridgehead atoms.